The van der Waals surface area contributed by atoms with Crippen molar-refractivity contribution < 1.29 is 14.3 Å². The molecule has 0 saturated heterocycles. The fraction of sp³-hybridized carbons (Fsp3) is 0.625. The molecule has 0 amide bonds. The van der Waals surface area contributed by atoms with E-state index in [4.69, 9.17) is 6.42 Å². The van der Waals surface area contributed by atoms with Crippen LogP contribution in [0.1, 0.15) is 19.8 Å². The van der Waals surface area contributed by atoms with Crippen LogP contribution >= 0.6 is 0 Å². The topological polar surface area (TPSA) is 35.5 Å². The summed E-state index contributed by atoms with van der Waals surface area (Å²) in [5, 5.41) is 0. The van der Waals surface area contributed by atoms with Gasteiger partial charge in [-0.15, -0.1) is 0 Å². The molecule has 0 rings (SSSR count). The van der Waals surface area contributed by atoms with Crippen molar-refractivity contribution in [2.45, 2.75) is 19.8 Å². The van der Waals surface area contributed by atoms with E-state index in [1.165, 1.54) is 0 Å². The number of hydrogen-bond acceptors (Lipinski definition) is 3. The van der Waals surface area contributed by atoms with Crippen LogP contribution in [-0.4, -0.2) is 19.4 Å². The highest BCUT2D eigenvalue weighted by Crippen LogP contribution is 1.90. The summed E-state index contributed by atoms with van der Waals surface area (Å²) < 4.78 is 9.09. The van der Waals surface area contributed by atoms with Gasteiger partial charge in [0.15, 0.2) is 0 Å². The van der Waals surface area contributed by atoms with E-state index in [0.717, 1.165) is 0 Å². The Morgan fingerprint density at radius 3 is 2.82 bits per heavy atom. The molecule has 0 spiro atoms. The van der Waals surface area contributed by atoms with Gasteiger partial charge in [0.25, 0.3) is 0 Å². The third kappa shape index (κ3) is 6.72. The lowest BCUT2D eigenvalue weighted by Crippen LogP contribution is -2.07. The zero-order chi connectivity index (χ0) is 8.53. The van der Waals surface area contributed by atoms with Crippen molar-refractivity contribution in [3.8, 4) is 5.92 Å². The molecule has 3 heteroatoms. The molecular weight excluding hydrogens is 144 g/mol. The van der Waals surface area contributed by atoms with E-state index in [-0.39, 0.29) is 0 Å². The van der Waals surface area contributed by atoms with Crippen LogP contribution in [0.5, 0.6) is 0 Å². The fourth-order valence-corrected chi connectivity index (χ4v) is 0.476. The van der Waals surface area contributed by atoms with E-state index in [2.05, 4.69) is 15.4 Å². The average Bonchev–Trinajstić information content (AvgIpc) is 1.99. The molecule has 0 aromatic heterocycles. The van der Waals surface area contributed by atoms with Gasteiger partial charge in [0.1, 0.15) is 0 Å². The second-order valence-corrected chi connectivity index (χ2v) is 1.81. The largest absolute Gasteiger partial charge is 0.508 e. The molecule has 0 aliphatic rings. The molecule has 11 heavy (non-hydrogen) atoms. The summed E-state index contributed by atoms with van der Waals surface area (Å²) >= 11 is 0. The van der Waals surface area contributed by atoms with Crippen molar-refractivity contribution in [3.63, 3.8) is 0 Å². The summed E-state index contributed by atoms with van der Waals surface area (Å²) in [4.78, 5) is 10.5. The van der Waals surface area contributed by atoms with Gasteiger partial charge in [-0.05, 0) is 19.8 Å². The zero-order valence-corrected chi connectivity index (χ0v) is 6.55. The first kappa shape index (κ1) is 9.83. The van der Waals surface area contributed by atoms with Crippen molar-refractivity contribution >= 4 is 6.16 Å². The molecule has 0 aromatic rings. The minimum atomic E-state index is -0.641. The molecule has 0 saturated carbocycles. The average molecular weight is 155 g/mol. The minimum Gasteiger partial charge on any atom is -0.435 e. The maximum Gasteiger partial charge on any atom is 0.508 e. The molecule has 0 unspecified atom stereocenters. The van der Waals surface area contributed by atoms with Gasteiger partial charge in [-0.25, -0.2) is 4.79 Å². The molecule has 0 aliphatic heterocycles. The Morgan fingerprint density at radius 2 is 2.27 bits per heavy atom. The standard InChI is InChI=1S/C8H11O3/c1-3-5-6-7-11-8(9)10-4-2/h4-7H2,2H3. The van der Waals surface area contributed by atoms with Gasteiger partial charge < -0.3 is 9.47 Å². The lowest BCUT2D eigenvalue weighted by Gasteiger charge is -2.01. The van der Waals surface area contributed by atoms with Crippen molar-refractivity contribution in [2.75, 3.05) is 13.2 Å². The maximum atomic E-state index is 10.5. The molecule has 0 aromatic carbocycles. The first-order chi connectivity index (χ1) is 5.31. The number of hydrogen-bond donors (Lipinski definition) is 0. The van der Waals surface area contributed by atoms with Crippen LogP contribution in [0.25, 0.3) is 0 Å². The Labute approximate surface area is 66.7 Å². The van der Waals surface area contributed by atoms with Gasteiger partial charge in [-0.1, -0.05) is 5.92 Å². The van der Waals surface area contributed by atoms with Gasteiger partial charge >= 0.3 is 6.16 Å². The van der Waals surface area contributed by atoms with E-state index in [0.29, 0.717) is 26.1 Å². The monoisotopic (exact) mass is 155 g/mol. The van der Waals surface area contributed by atoms with Crippen molar-refractivity contribution in [3.05, 3.63) is 6.42 Å². The Kier molecular flexibility index (Phi) is 6.20. The zero-order valence-electron chi connectivity index (χ0n) is 6.55. The quantitative estimate of drug-likeness (QED) is 0.351. The molecule has 0 atom stereocenters. The van der Waals surface area contributed by atoms with E-state index >= 15 is 0 Å². The summed E-state index contributed by atoms with van der Waals surface area (Å²) in [6.07, 6.45) is 7.05. The van der Waals surface area contributed by atoms with Gasteiger partial charge in [-0.3, -0.25) is 0 Å². The van der Waals surface area contributed by atoms with Gasteiger partial charge in [0, 0.05) is 6.42 Å². The van der Waals surface area contributed by atoms with Crippen molar-refractivity contribution in [1.82, 2.24) is 0 Å². The van der Waals surface area contributed by atoms with Crippen molar-refractivity contribution in [1.29, 1.82) is 0 Å². The van der Waals surface area contributed by atoms with Crippen molar-refractivity contribution in [2.24, 2.45) is 0 Å². The smallest absolute Gasteiger partial charge is 0.435 e. The SMILES string of the molecule is [C]#CCCCOC(=O)OCC. The Balaban J connectivity index is 3.12. The maximum absolute atomic E-state index is 10.5. The summed E-state index contributed by atoms with van der Waals surface area (Å²) in [6, 6.07) is 0. The highest BCUT2D eigenvalue weighted by molar-refractivity contribution is 5.59. The van der Waals surface area contributed by atoms with E-state index in [1.807, 2.05) is 0 Å². The fourth-order valence-electron chi connectivity index (χ4n) is 0.476. The van der Waals surface area contributed by atoms with Crippen LogP contribution in [0.3, 0.4) is 0 Å². The number of carbonyl (C=O) groups is 1. The van der Waals surface area contributed by atoms with Crippen LogP contribution < -0.4 is 0 Å². The Hall–Kier alpha value is -1.17. The molecule has 0 heterocycles. The van der Waals surface area contributed by atoms with Crippen LogP contribution in [0.4, 0.5) is 4.79 Å². The summed E-state index contributed by atoms with van der Waals surface area (Å²) in [5.74, 6) is 2.19. The predicted octanol–water partition coefficient (Wildman–Crippen LogP) is 1.53. The lowest BCUT2D eigenvalue weighted by molar-refractivity contribution is 0.0586. The molecule has 1 radical (unpaired) electrons. The van der Waals surface area contributed by atoms with Crippen LogP contribution in [-0.2, 0) is 9.47 Å². The summed E-state index contributed by atoms with van der Waals surface area (Å²) in [5.41, 5.74) is 0. The molecule has 0 aliphatic carbocycles. The number of ether oxygens (including phenoxy) is 2. The second-order valence-electron chi connectivity index (χ2n) is 1.81. The molecular formula is C8H11O3. The van der Waals surface area contributed by atoms with Gasteiger partial charge in [0.05, 0.1) is 13.2 Å². The third-order valence-electron chi connectivity index (χ3n) is 0.928. The summed E-state index contributed by atoms with van der Waals surface area (Å²) in [7, 11) is 0. The van der Waals surface area contributed by atoms with Crippen LogP contribution in [0, 0.1) is 12.3 Å². The highest BCUT2D eigenvalue weighted by atomic mass is 16.7. The molecule has 3 nitrogen and oxygen atoms in total. The normalized spacial score (nSPS) is 8.36. The lowest BCUT2D eigenvalue weighted by atomic mass is 10.3. The predicted molar refractivity (Wildman–Crippen MR) is 39.3 cm³/mol. The minimum absolute atomic E-state index is 0.296. The first-order valence-electron chi connectivity index (χ1n) is 3.50. The highest BCUT2D eigenvalue weighted by Gasteiger charge is 1.99. The molecule has 61 valence electrons. The number of rotatable bonds is 4. The second kappa shape index (κ2) is 6.94. The Morgan fingerprint density at radius 1 is 1.55 bits per heavy atom. The van der Waals surface area contributed by atoms with E-state index < -0.39 is 6.16 Å². The molecule has 0 fully saturated rings. The van der Waals surface area contributed by atoms with Crippen LogP contribution in [0.15, 0.2) is 0 Å². The van der Waals surface area contributed by atoms with Gasteiger partial charge in [-0.2, -0.15) is 0 Å². The van der Waals surface area contributed by atoms with E-state index in [1.54, 1.807) is 6.92 Å². The third-order valence-corrected chi connectivity index (χ3v) is 0.928. The summed E-state index contributed by atoms with van der Waals surface area (Å²) in [6.45, 7) is 2.34. The number of unbranched alkanes of at least 4 members (excludes halogenated alkanes) is 1. The first-order valence-corrected chi connectivity index (χ1v) is 3.50. The number of carbonyl (C=O) groups excluding carboxylic acids is 1. The molecule has 0 bridgehead atoms. The van der Waals surface area contributed by atoms with Gasteiger partial charge in [0.2, 0.25) is 0 Å². The Bertz CT molecular complexity index is 146. The van der Waals surface area contributed by atoms with Crippen LogP contribution in [0.2, 0.25) is 0 Å². The van der Waals surface area contributed by atoms with E-state index in [9.17, 15) is 4.79 Å². The molecule has 0 N–H and O–H groups in total.